The number of carbonyl (C=O) groups excluding carboxylic acids is 1. The molecule has 0 fully saturated rings. The van der Waals surface area contributed by atoms with Gasteiger partial charge in [-0.25, -0.2) is 0 Å². The molecule has 0 heterocycles. The van der Waals surface area contributed by atoms with Crippen molar-refractivity contribution in [2.75, 3.05) is 0 Å². The molecule has 90 valence electrons. The molecule has 5 nitrogen and oxygen atoms in total. The Labute approximate surface area is 105 Å². The molecule has 2 N–H and O–H groups in total. The third kappa shape index (κ3) is 3.67. The summed E-state index contributed by atoms with van der Waals surface area (Å²) in [7, 11) is 0. The number of ketones is 1. The highest BCUT2D eigenvalue weighted by Gasteiger charge is 2.28. The second-order valence-corrected chi connectivity index (χ2v) is 4.28. The third-order valence-electron chi connectivity index (χ3n) is 2.15. The first kappa shape index (κ1) is 13.4. The van der Waals surface area contributed by atoms with Crippen LogP contribution in [0.5, 0.6) is 0 Å². The van der Waals surface area contributed by atoms with E-state index in [2.05, 4.69) is 15.9 Å². The largest absolute Gasteiger partial charge is 0.481 e. The maximum atomic E-state index is 11.6. The smallest absolute Gasteiger partial charge is 0.318 e. The molecule has 1 aromatic carbocycles. The Morgan fingerprint density at radius 2 is 1.53 bits per heavy atom. The molecule has 0 radical (unpaired) electrons. The van der Waals surface area contributed by atoms with Gasteiger partial charge in [-0.3, -0.25) is 14.4 Å². The van der Waals surface area contributed by atoms with E-state index < -0.39 is 30.1 Å². The Morgan fingerprint density at radius 3 is 1.94 bits per heavy atom. The van der Waals surface area contributed by atoms with E-state index in [1.165, 1.54) is 12.1 Å². The standard InChI is InChI=1S/C11H9BrO5/c12-7-3-1-6(2-4-7)9(13)5-8(10(14)15)11(16)17/h1-4,8H,5H2,(H,14,15)(H,16,17). The predicted molar refractivity (Wildman–Crippen MR) is 61.9 cm³/mol. The Bertz CT molecular complexity index is 437. The minimum atomic E-state index is -1.70. The number of rotatable bonds is 5. The molecule has 0 aliphatic heterocycles. The normalized spacial score (nSPS) is 10.2. The molecule has 1 rings (SSSR count). The third-order valence-corrected chi connectivity index (χ3v) is 2.68. The van der Waals surface area contributed by atoms with Crippen molar-refractivity contribution >= 4 is 33.7 Å². The minimum Gasteiger partial charge on any atom is -0.481 e. The summed E-state index contributed by atoms with van der Waals surface area (Å²) in [5.74, 6) is -5.23. The highest BCUT2D eigenvalue weighted by molar-refractivity contribution is 9.10. The molecule has 0 aromatic heterocycles. The summed E-state index contributed by atoms with van der Waals surface area (Å²) in [5.41, 5.74) is 0.292. The van der Waals surface area contributed by atoms with Crippen molar-refractivity contribution in [3.63, 3.8) is 0 Å². The van der Waals surface area contributed by atoms with Gasteiger partial charge in [-0.2, -0.15) is 0 Å². The van der Waals surface area contributed by atoms with Crippen LogP contribution < -0.4 is 0 Å². The van der Waals surface area contributed by atoms with Crippen LogP contribution in [0.25, 0.3) is 0 Å². The molecule has 0 aliphatic rings. The van der Waals surface area contributed by atoms with Gasteiger partial charge in [0.25, 0.3) is 0 Å². The van der Waals surface area contributed by atoms with E-state index in [9.17, 15) is 14.4 Å². The minimum absolute atomic E-state index is 0.292. The first-order valence-corrected chi connectivity index (χ1v) is 5.45. The zero-order valence-electron chi connectivity index (χ0n) is 8.59. The maximum absolute atomic E-state index is 11.6. The van der Waals surface area contributed by atoms with Gasteiger partial charge in [0.15, 0.2) is 11.7 Å². The molecule has 0 spiro atoms. The Kier molecular flexibility index (Phi) is 4.39. The molecule has 17 heavy (non-hydrogen) atoms. The number of Topliss-reactive ketones (excluding diaryl/α,β-unsaturated/α-hetero) is 1. The zero-order valence-corrected chi connectivity index (χ0v) is 10.2. The molecule has 0 aliphatic carbocycles. The summed E-state index contributed by atoms with van der Waals surface area (Å²) >= 11 is 3.19. The van der Waals surface area contributed by atoms with E-state index in [4.69, 9.17) is 10.2 Å². The molecular weight excluding hydrogens is 292 g/mol. The molecule has 0 unspecified atom stereocenters. The van der Waals surface area contributed by atoms with Gasteiger partial charge < -0.3 is 10.2 Å². The number of carbonyl (C=O) groups is 3. The lowest BCUT2D eigenvalue weighted by molar-refractivity contribution is -0.154. The van der Waals surface area contributed by atoms with Gasteiger partial charge >= 0.3 is 11.9 Å². The van der Waals surface area contributed by atoms with Crippen LogP contribution in [0.3, 0.4) is 0 Å². The van der Waals surface area contributed by atoms with Gasteiger partial charge in [-0.1, -0.05) is 28.1 Å². The van der Waals surface area contributed by atoms with Crippen LogP contribution in [-0.2, 0) is 9.59 Å². The van der Waals surface area contributed by atoms with Crippen LogP contribution in [0.15, 0.2) is 28.7 Å². The first-order chi connectivity index (χ1) is 7.91. The van der Waals surface area contributed by atoms with Gasteiger partial charge in [0, 0.05) is 16.5 Å². The average Bonchev–Trinajstić information content (AvgIpc) is 2.25. The van der Waals surface area contributed by atoms with E-state index in [0.29, 0.717) is 5.56 Å². The molecular formula is C11H9BrO5. The van der Waals surface area contributed by atoms with Crippen molar-refractivity contribution in [3.8, 4) is 0 Å². The van der Waals surface area contributed by atoms with Crippen molar-refractivity contribution < 1.29 is 24.6 Å². The number of halogens is 1. The number of aliphatic carboxylic acids is 2. The highest BCUT2D eigenvalue weighted by Crippen LogP contribution is 2.14. The number of hydrogen-bond acceptors (Lipinski definition) is 3. The Morgan fingerprint density at radius 1 is 1.06 bits per heavy atom. The number of carboxylic acid groups (broad SMARTS) is 2. The highest BCUT2D eigenvalue weighted by atomic mass is 79.9. The van der Waals surface area contributed by atoms with E-state index >= 15 is 0 Å². The van der Waals surface area contributed by atoms with Crippen molar-refractivity contribution in [1.29, 1.82) is 0 Å². The van der Waals surface area contributed by atoms with E-state index in [1.54, 1.807) is 12.1 Å². The van der Waals surface area contributed by atoms with Gasteiger partial charge in [0.05, 0.1) is 0 Å². The predicted octanol–water partition coefficient (Wildman–Crippen LogP) is 1.81. The first-order valence-electron chi connectivity index (χ1n) is 4.66. The Hall–Kier alpha value is -1.69. The number of benzene rings is 1. The lowest BCUT2D eigenvalue weighted by Crippen LogP contribution is -2.26. The average molecular weight is 301 g/mol. The fraction of sp³-hybridized carbons (Fsp3) is 0.182. The maximum Gasteiger partial charge on any atom is 0.318 e. The van der Waals surface area contributed by atoms with E-state index in [-0.39, 0.29) is 0 Å². The van der Waals surface area contributed by atoms with Crippen LogP contribution in [0, 0.1) is 5.92 Å². The molecule has 0 saturated carbocycles. The SMILES string of the molecule is O=C(CC(C(=O)O)C(=O)O)c1ccc(Br)cc1. The molecule has 0 atom stereocenters. The summed E-state index contributed by atoms with van der Waals surface area (Å²) in [6, 6.07) is 6.27. The summed E-state index contributed by atoms with van der Waals surface area (Å²) < 4.78 is 0.780. The topological polar surface area (TPSA) is 91.7 Å². The van der Waals surface area contributed by atoms with Crippen LogP contribution in [0.4, 0.5) is 0 Å². The van der Waals surface area contributed by atoms with Gasteiger partial charge in [-0.05, 0) is 12.1 Å². The summed E-state index contributed by atoms with van der Waals surface area (Å²) in [4.78, 5) is 32.9. The van der Waals surface area contributed by atoms with E-state index in [0.717, 1.165) is 4.47 Å². The van der Waals surface area contributed by atoms with Crippen LogP contribution in [-0.4, -0.2) is 27.9 Å². The van der Waals surface area contributed by atoms with Crippen LogP contribution in [0.2, 0.25) is 0 Å². The molecule has 0 bridgehead atoms. The van der Waals surface area contributed by atoms with E-state index in [1.807, 2.05) is 0 Å². The van der Waals surface area contributed by atoms with Crippen molar-refractivity contribution in [2.45, 2.75) is 6.42 Å². The lowest BCUT2D eigenvalue weighted by atomic mass is 9.98. The van der Waals surface area contributed by atoms with Gasteiger partial charge in [0.2, 0.25) is 0 Å². The van der Waals surface area contributed by atoms with Crippen LogP contribution >= 0.6 is 15.9 Å². The second kappa shape index (κ2) is 5.58. The number of carboxylic acids is 2. The summed E-state index contributed by atoms with van der Waals surface area (Å²) in [5, 5.41) is 17.3. The van der Waals surface area contributed by atoms with Gasteiger partial charge in [0.1, 0.15) is 0 Å². The molecule has 0 saturated heterocycles. The van der Waals surface area contributed by atoms with Crippen molar-refractivity contribution in [2.24, 2.45) is 5.92 Å². The Balaban J connectivity index is 2.81. The fourth-order valence-corrected chi connectivity index (χ4v) is 1.48. The monoisotopic (exact) mass is 300 g/mol. The van der Waals surface area contributed by atoms with Crippen molar-refractivity contribution in [3.05, 3.63) is 34.3 Å². The quantitative estimate of drug-likeness (QED) is 0.639. The molecule has 1 aromatic rings. The van der Waals surface area contributed by atoms with Crippen LogP contribution in [0.1, 0.15) is 16.8 Å². The summed E-state index contributed by atoms with van der Waals surface area (Å²) in [6.07, 6.45) is -0.549. The second-order valence-electron chi connectivity index (χ2n) is 3.36. The van der Waals surface area contributed by atoms with Gasteiger partial charge in [-0.15, -0.1) is 0 Å². The fourth-order valence-electron chi connectivity index (χ4n) is 1.22. The van der Waals surface area contributed by atoms with Crippen molar-refractivity contribution in [1.82, 2.24) is 0 Å². The molecule has 6 heteroatoms. The lowest BCUT2D eigenvalue weighted by Gasteiger charge is -2.06. The zero-order chi connectivity index (χ0) is 13.0. The number of hydrogen-bond donors (Lipinski definition) is 2. The summed E-state index contributed by atoms with van der Waals surface area (Å²) in [6.45, 7) is 0. The molecule has 0 amide bonds.